The summed E-state index contributed by atoms with van der Waals surface area (Å²) in [5.41, 5.74) is 4.15. The fourth-order valence-corrected chi connectivity index (χ4v) is 2.78. The molecule has 0 heterocycles. The van der Waals surface area contributed by atoms with E-state index >= 15 is 0 Å². The molecule has 2 nitrogen and oxygen atoms in total. The van der Waals surface area contributed by atoms with E-state index in [-0.39, 0.29) is 0 Å². The third-order valence-electron chi connectivity index (χ3n) is 3.47. The predicted octanol–water partition coefficient (Wildman–Crippen LogP) is 5.56. The molecule has 2 rings (SSSR count). The Bertz CT molecular complexity index is 535. The first-order valence-electron chi connectivity index (χ1n) is 6.56. The first-order chi connectivity index (χ1) is 9.17. The summed E-state index contributed by atoms with van der Waals surface area (Å²) in [7, 11) is 0. The average Bonchev–Trinajstić information content (AvgIpc) is 2.82. The van der Waals surface area contributed by atoms with E-state index in [1.165, 1.54) is 5.57 Å². The van der Waals surface area contributed by atoms with Crippen LogP contribution in [0.25, 0.3) is 5.57 Å². The SMILES string of the molecule is CCCCC1=C(c2ccc(Cl)c(Cl)c2)C(=NO)CC1. The van der Waals surface area contributed by atoms with Crippen molar-refractivity contribution in [3.05, 3.63) is 39.4 Å². The van der Waals surface area contributed by atoms with Gasteiger partial charge in [0.25, 0.3) is 0 Å². The monoisotopic (exact) mass is 297 g/mol. The second-order valence-corrected chi connectivity index (χ2v) is 5.57. The normalized spacial score (nSPS) is 17.5. The molecule has 4 heteroatoms. The Labute approximate surface area is 123 Å². The molecule has 19 heavy (non-hydrogen) atoms. The maximum absolute atomic E-state index is 9.16. The van der Waals surface area contributed by atoms with Crippen molar-refractivity contribution in [1.29, 1.82) is 0 Å². The van der Waals surface area contributed by atoms with Gasteiger partial charge in [0.15, 0.2) is 0 Å². The lowest BCUT2D eigenvalue weighted by Crippen LogP contribution is -1.97. The van der Waals surface area contributed by atoms with Crippen LogP contribution in [0.1, 0.15) is 44.6 Å². The number of rotatable bonds is 4. The predicted molar refractivity (Wildman–Crippen MR) is 81.4 cm³/mol. The highest BCUT2D eigenvalue weighted by molar-refractivity contribution is 6.42. The van der Waals surface area contributed by atoms with Gasteiger partial charge in [0.1, 0.15) is 0 Å². The minimum absolute atomic E-state index is 0.533. The van der Waals surface area contributed by atoms with Gasteiger partial charge in [0.05, 0.1) is 15.8 Å². The van der Waals surface area contributed by atoms with E-state index in [4.69, 9.17) is 28.4 Å². The van der Waals surface area contributed by atoms with E-state index in [0.717, 1.165) is 49.0 Å². The van der Waals surface area contributed by atoms with E-state index in [9.17, 15) is 0 Å². The number of halogens is 2. The van der Waals surface area contributed by atoms with Crippen LogP contribution in [0.3, 0.4) is 0 Å². The highest BCUT2D eigenvalue weighted by Gasteiger charge is 2.23. The van der Waals surface area contributed by atoms with Gasteiger partial charge in [-0.1, -0.05) is 53.3 Å². The summed E-state index contributed by atoms with van der Waals surface area (Å²) >= 11 is 12.0. The van der Waals surface area contributed by atoms with E-state index in [1.807, 2.05) is 12.1 Å². The molecule has 1 aliphatic carbocycles. The van der Waals surface area contributed by atoms with Gasteiger partial charge in [0, 0.05) is 5.57 Å². The number of unbranched alkanes of at least 4 members (excludes halogenated alkanes) is 1. The number of benzene rings is 1. The second kappa shape index (κ2) is 6.44. The van der Waals surface area contributed by atoms with Crippen molar-refractivity contribution < 1.29 is 5.21 Å². The highest BCUT2D eigenvalue weighted by atomic mass is 35.5. The zero-order valence-corrected chi connectivity index (χ0v) is 12.4. The molecule has 0 aromatic heterocycles. The quantitative estimate of drug-likeness (QED) is 0.572. The largest absolute Gasteiger partial charge is 0.411 e. The van der Waals surface area contributed by atoms with Crippen molar-refractivity contribution in [3.63, 3.8) is 0 Å². The Kier molecular flexibility index (Phi) is 4.89. The van der Waals surface area contributed by atoms with Crippen molar-refractivity contribution in [2.24, 2.45) is 5.16 Å². The number of hydrogen-bond acceptors (Lipinski definition) is 2. The van der Waals surface area contributed by atoms with Crippen LogP contribution in [-0.4, -0.2) is 10.9 Å². The summed E-state index contributed by atoms with van der Waals surface area (Å²) < 4.78 is 0. The van der Waals surface area contributed by atoms with E-state index in [1.54, 1.807) is 6.07 Å². The van der Waals surface area contributed by atoms with Crippen LogP contribution in [0, 0.1) is 0 Å². The van der Waals surface area contributed by atoms with Crippen LogP contribution in [0.4, 0.5) is 0 Å². The smallest absolute Gasteiger partial charge is 0.0876 e. The van der Waals surface area contributed by atoms with Crippen LogP contribution < -0.4 is 0 Å². The molecule has 0 amide bonds. The summed E-state index contributed by atoms with van der Waals surface area (Å²) in [4.78, 5) is 0. The van der Waals surface area contributed by atoms with Crippen molar-refractivity contribution in [2.45, 2.75) is 39.0 Å². The fourth-order valence-electron chi connectivity index (χ4n) is 2.49. The van der Waals surface area contributed by atoms with Gasteiger partial charge < -0.3 is 5.21 Å². The van der Waals surface area contributed by atoms with Gasteiger partial charge in [-0.25, -0.2) is 0 Å². The zero-order chi connectivity index (χ0) is 13.8. The van der Waals surface area contributed by atoms with Gasteiger partial charge in [-0.2, -0.15) is 0 Å². The van der Waals surface area contributed by atoms with Gasteiger partial charge in [-0.05, 0) is 43.4 Å². The Morgan fingerprint density at radius 3 is 2.63 bits per heavy atom. The van der Waals surface area contributed by atoms with Crippen LogP contribution >= 0.6 is 23.2 Å². The van der Waals surface area contributed by atoms with Crippen molar-refractivity contribution in [2.75, 3.05) is 0 Å². The summed E-state index contributed by atoms with van der Waals surface area (Å²) in [6.45, 7) is 2.18. The van der Waals surface area contributed by atoms with Gasteiger partial charge >= 0.3 is 0 Å². The third-order valence-corrected chi connectivity index (χ3v) is 4.21. The number of oxime groups is 1. The van der Waals surface area contributed by atoms with Gasteiger partial charge in [-0.3, -0.25) is 0 Å². The molecular formula is C15H17Cl2NO. The molecule has 0 aliphatic heterocycles. The number of allylic oxidation sites excluding steroid dienone is 2. The van der Waals surface area contributed by atoms with Crippen molar-refractivity contribution in [3.8, 4) is 0 Å². The van der Waals surface area contributed by atoms with Crippen LogP contribution in [0.2, 0.25) is 10.0 Å². The van der Waals surface area contributed by atoms with E-state index < -0.39 is 0 Å². The maximum atomic E-state index is 9.16. The lowest BCUT2D eigenvalue weighted by Gasteiger charge is -2.09. The molecule has 0 fully saturated rings. The van der Waals surface area contributed by atoms with Crippen LogP contribution in [-0.2, 0) is 0 Å². The standard InChI is InChI=1S/C15H17Cl2NO/c1-2-3-4-10-6-8-14(18-19)15(10)11-5-7-12(16)13(17)9-11/h5,7,9,19H,2-4,6,8H2,1H3. The van der Waals surface area contributed by atoms with Gasteiger partial charge in [0.2, 0.25) is 0 Å². The Morgan fingerprint density at radius 1 is 1.21 bits per heavy atom. The average molecular weight is 298 g/mol. The molecule has 1 N–H and O–H groups in total. The molecule has 0 radical (unpaired) electrons. The zero-order valence-electron chi connectivity index (χ0n) is 10.9. The molecule has 1 aromatic carbocycles. The molecule has 0 bridgehead atoms. The summed E-state index contributed by atoms with van der Waals surface area (Å²) in [6.07, 6.45) is 5.12. The Morgan fingerprint density at radius 2 is 2.00 bits per heavy atom. The summed E-state index contributed by atoms with van der Waals surface area (Å²) in [5.74, 6) is 0. The van der Waals surface area contributed by atoms with Crippen LogP contribution in [0.15, 0.2) is 28.9 Å². The third kappa shape index (κ3) is 3.13. The first kappa shape index (κ1) is 14.4. The Hall–Kier alpha value is -0.990. The van der Waals surface area contributed by atoms with Crippen molar-refractivity contribution in [1.82, 2.24) is 0 Å². The van der Waals surface area contributed by atoms with E-state index in [0.29, 0.717) is 10.0 Å². The minimum Gasteiger partial charge on any atom is -0.411 e. The molecule has 0 spiro atoms. The van der Waals surface area contributed by atoms with Gasteiger partial charge in [-0.15, -0.1) is 0 Å². The molecule has 102 valence electrons. The highest BCUT2D eigenvalue weighted by Crippen LogP contribution is 2.36. The topological polar surface area (TPSA) is 32.6 Å². The van der Waals surface area contributed by atoms with Crippen molar-refractivity contribution >= 4 is 34.5 Å². The molecule has 0 atom stereocenters. The lowest BCUT2D eigenvalue weighted by atomic mass is 9.98. The van der Waals surface area contributed by atoms with Crippen LogP contribution in [0.5, 0.6) is 0 Å². The van der Waals surface area contributed by atoms with E-state index in [2.05, 4.69) is 12.1 Å². The number of nitrogens with zero attached hydrogens (tertiary/aromatic N) is 1. The molecular weight excluding hydrogens is 281 g/mol. The number of hydrogen-bond donors (Lipinski definition) is 1. The molecule has 1 aromatic rings. The summed E-state index contributed by atoms with van der Waals surface area (Å²) in [6, 6.07) is 5.57. The molecule has 0 unspecified atom stereocenters. The maximum Gasteiger partial charge on any atom is 0.0876 e. The Balaban J connectivity index is 2.43. The molecule has 0 saturated heterocycles. The molecule has 1 aliphatic rings. The lowest BCUT2D eigenvalue weighted by molar-refractivity contribution is 0.319. The second-order valence-electron chi connectivity index (χ2n) is 4.76. The summed E-state index contributed by atoms with van der Waals surface area (Å²) in [5, 5.41) is 13.7. The minimum atomic E-state index is 0.533. The first-order valence-corrected chi connectivity index (χ1v) is 7.31. The molecule has 0 saturated carbocycles. The fraction of sp³-hybridized carbons (Fsp3) is 0.400.